The van der Waals surface area contributed by atoms with E-state index >= 15 is 0 Å². The van der Waals surface area contributed by atoms with Gasteiger partial charge in [-0.1, -0.05) is 6.08 Å². The minimum atomic E-state index is -0.620. The van der Waals surface area contributed by atoms with E-state index in [1.165, 1.54) is 12.8 Å². The van der Waals surface area contributed by atoms with Crippen LogP contribution in [0.3, 0.4) is 0 Å². The lowest BCUT2D eigenvalue weighted by Crippen LogP contribution is -2.52. The van der Waals surface area contributed by atoms with Crippen molar-refractivity contribution >= 4 is 0 Å². The number of likely N-dealkylation sites (tertiary alicyclic amines) is 1. The van der Waals surface area contributed by atoms with Gasteiger partial charge in [-0.25, -0.2) is 0 Å². The van der Waals surface area contributed by atoms with Gasteiger partial charge in [-0.15, -0.1) is 0 Å². The van der Waals surface area contributed by atoms with Gasteiger partial charge in [0.15, 0.2) is 0 Å². The van der Waals surface area contributed by atoms with E-state index in [0.717, 1.165) is 31.8 Å². The number of hydrogen-bond donors (Lipinski definition) is 3. The predicted octanol–water partition coefficient (Wildman–Crippen LogP) is 0.846. The second-order valence-corrected chi connectivity index (χ2v) is 6.02. The largest absolute Gasteiger partial charge is 0.497 e. The summed E-state index contributed by atoms with van der Waals surface area (Å²) in [6.07, 6.45) is 7.98. The van der Waals surface area contributed by atoms with E-state index < -0.39 is 12.3 Å². The summed E-state index contributed by atoms with van der Waals surface area (Å²) in [6.45, 7) is 4.64. The Morgan fingerprint density at radius 2 is 2.10 bits per heavy atom. The zero-order valence-electron chi connectivity index (χ0n) is 13.0. The summed E-state index contributed by atoms with van der Waals surface area (Å²) in [5.74, 6) is 0.904. The molecule has 2 aliphatic rings. The van der Waals surface area contributed by atoms with Crippen molar-refractivity contribution in [3.05, 3.63) is 24.0 Å². The smallest absolute Gasteiger partial charge is 0.114 e. The van der Waals surface area contributed by atoms with E-state index in [4.69, 9.17) is 4.74 Å². The Bertz CT molecular complexity index is 376. The van der Waals surface area contributed by atoms with Crippen molar-refractivity contribution in [1.82, 2.24) is 10.2 Å². The maximum absolute atomic E-state index is 10.7. The lowest BCUT2D eigenvalue weighted by atomic mass is 9.89. The molecule has 0 aromatic heterocycles. The van der Waals surface area contributed by atoms with Crippen molar-refractivity contribution in [2.45, 2.75) is 44.6 Å². The number of ether oxygens (including phenoxy) is 1. The fourth-order valence-electron chi connectivity index (χ4n) is 3.13. The van der Waals surface area contributed by atoms with Gasteiger partial charge in [0, 0.05) is 18.5 Å². The molecular formula is C16H28N2O3. The molecule has 4 atom stereocenters. The molecule has 1 fully saturated rings. The van der Waals surface area contributed by atoms with Crippen LogP contribution in [0.15, 0.2) is 24.0 Å². The molecule has 0 bridgehead atoms. The summed E-state index contributed by atoms with van der Waals surface area (Å²) in [5, 5.41) is 23.4. The molecule has 21 heavy (non-hydrogen) atoms. The van der Waals surface area contributed by atoms with Gasteiger partial charge in [0.25, 0.3) is 0 Å². The monoisotopic (exact) mass is 296 g/mol. The predicted molar refractivity (Wildman–Crippen MR) is 82.6 cm³/mol. The number of aliphatic hydroxyl groups excluding tert-OH is 2. The lowest BCUT2D eigenvalue weighted by molar-refractivity contribution is 0.0374. The van der Waals surface area contributed by atoms with Crippen molar-refractivity contribution in [3.63, 3.8) is 0 Å². The third-order valence-electron chi connectivity index (χ3n) is 4.29. The molecule has 120 valence electrons. The molecule has 5 heteroatoms. The normalized spacial score (nSPS) is 27.2. The van der Waals surface area contributed by atoms with E-state index in [-0.39, 0.29) is 12.0 Å². The summed E-state index contributed by atoms with van der Waals surface area (Å²) >= 11 is 0. The standard InChI is InChI=1S/C16H28N2O3/c1-12(19)17-15(11-18-9-3-4-10-18)16(20)13-5-7-14(21-2)8-6-13/h5,7-8,12-13,15-17,19-20H,3-4,6,9-11H2,1-2H3/t12?,13?,15-,16-/m1/s1. The molecule has 1 saturated heterocycles. The SMILES string of the molecule is COC1=CCC([C@@H](O)[C@@H](CN2CCCC2)NC(C)O)C=C1. The molecule has 0 radical (unpaired) electrons. The highest BCUT2D eigenvalue weighted by Crippen LogP contribution is 2.23. The second kappa shape index (κ2) is 7.94. The van der Waals surface area contributed by atoms with E-state index in [0.29, 0.717) is 0 Å². The minimum Gasteiger partial charge on any atom is -0.497 e. The van der Waals surface area contributed by atoms with Gasteiger partial charge in [-0.05, 0) is 51.4 Å². The molecule has 0 spiro atoms. The number of nitrogens with one attached hydrogen (secondary N) is 1. The van der Waals surface area contributed by atoms with E-state index in [1.54, 1.807) is 14.0 Å². The van der Waals surface area contributed by atoms with Crippen LogP contribution in [0, 0.1) is 5.92 Å². The molecule has 5 nitrogen and oxygen atoms in total. The average Bonchev–Trinajstić information content (AvgIpc) is 2.98. The molecule has 0 aromatic carbocycles. The lowest BCUT2D eigenvalue weighted by Gasteiger charge is -2.33. The third kappa shape index (κ3) is 4.81. The highest BCUT2D eigenvalue weighted by Gasteiger charge is 2.29. The molecule has 2 unspecified atom stereocenters. The Morgan fingerprint density at radius 3 is 2.62 bits per heavy atom. The van der Waals surface area contributed by atoms with Crippen molar-refractivity contribution in [3.8, 4) is 0 Å². The zero-order chi connectivity index (χ0) is 15.2. The topological polar surface area (TPSA) is 65.0 Å². The van der Waals surface area contributed by atoms with Gasteiger partial charge in [-0.3, -0.25) is 5.32 Å². The molecule has 0 amide bonds. The fraction of sp³-hybridized carbons (Fsp3) is 0.750. The highest BCUT2D eigenvalue weighted by molar-refractivity contribution is 5.19. The van der Waals surface area contributed by atoms with Crippen LogP contribution in [0.4, 0.5) is 0 Å². The van der Waals surface area contributed by atoms with Crippen LogP contribution in [-0.2, 0) is 4.74 Å². The molecule has 1 heterocycles. The first-order chi connectivity index (χ1) is 10.1. The number of hydrogen-bond acceptors (Lipinski definition) is 5. The van der Waals surface area contributed by atoms with Gasteiger partial charge < -0.3 is 19.8 Å². The molecule has 0 aromatic rings. The fourth-order valence-corrected chi connectivity index (χ4v) is 3.13. The number of rotatable bonds is 7. The van der Waals surface area contributed by atoms with Crippen molar-refractivity contribution in [2.75, 3.05) is 26.7 Å². The molecular weight excluding hydrogens is 268 g/mol. The maximum Gasteiger partial charge on any atom is 0.114 e. The number of nitrogens with zero attached hydrogens (tertiary/aromatic N) is 1. The van der Waals surface area contributed by atoms with Gasteiger partial charge in [0.2, 0.25) is 0 Å². The van der Waals surface area contributed by atoms with E-state index in [9.17, 15) is 10.2 Å². The summed E-state index contributed by atoms with van der Waals surface area (Å²) < 4.78 is 5.18. The molecule has 1 aliphatic carbocycles. The first kappa shape index (κ1) is 16.5. The van der Waals surface area contributed by atoms with Crippen LogP contribution in [0.2, 0.25) is 0 Å². The van der Waals surface area contributed by atoms with Gasteiger partial charge in [-0.2, -0.15) is 0 Å². The van der Waals surface area contributed by atoms with Crippen LogP contribution < -0.4 is 5.32 Å². The Kier molecular flexibility index (Phi) is 6.23. The van der Waals surface area contributed by atoms with Crippen molar-refractivity contribution < 1.29 is 14.9 Å². The summed E-state index contributed by atoms with van der Waals surface area (Å²) in [4.78, 5) is 2.35. The Labute approximate surface area is 127 Å². The Hall–Kier alpha value is -0.880. The molecule has 0 saturated carbocycles. The second-order valence-electron chi connectivity index (χ2n) is 6.02. The zero-order valence-corrected chi connectivity index (χ0v) is 13.0. The minimum absolute atomic E-state index is 0.0581. The van der Waals surface area contributed by atoms with Crippen LogP contribution in [0.5, 0.6) is 0 Å². The quantitative estimate of drug-likeness (QED) is 0.608. The van der Waals surface area contributed by atoms with Gasteiger partial charge in [0.1, 0.15) is 12.0 Å². The summed E-state index contributed by atoms with van der Waals surface area (Å²) in [6, 6.07) is -0.129. The number of aliphatic hydroxyl groups is 2. The molecule has 3 N–H and O–H groups in total. The van der Waals surface area contributed by atoms with Crippen molar-refractivity contribution in [1.29, 1.82) is 0 Å². The highest BCUT2D eigenvalue weighted by atomic mass is 16.5. The first-order valence-electron chi connectivity index (χ1n) is 7.87. The molecule has 2 rings (SSSR count). The van der Waals surface area contributed by atoms with Gasteiger partial charge >= 0.3 is 0 Å². The van der Waals surface area contributed by atoms with Crippen molar-refractivity contribution in [2.24, 2.45) is 5.92 Å². The number of methoxy groups -OCH3 is 1. The maximum atomic E-state index is 10.7. The van der Waals surface area contributed by atoms with Crippen LogP contribution in [0.1, 0.15) is 26.2 Å². The number of allylic oxidation sites excluding steroid dienone is 2. The summed E-state index contributed by atoms with van der Waals surface area (Å²) in [7, 11) is 1.65. The van der Waals surface area contributed by atoms with Gasteiger partial charge in [0.05, 0.1) is 13.2 Å². The Morgan fingerprint density at radius 1 is 1.38 bits per heavy atom. The third-order valence-corrected chi connectivity index (χ3v) is 4.29. The van der Waals surface area contributed by atoms with Crippen LogP contribution in [-0.4, -0.2) is 60.2 Å². The van der Waals surface area contributed by atoms with E-state index in [1.807, 2.05) is 18.2 Å². The van der Waals surface area contributed by atoms with Crippen LogP contribution in [0.25, 0.3) is 0 Å². The molecule has 1 aliphatic heterocycles. The first-order valence-corrected chi connectivity index (χ1v) is 7.87. The van der Waals surface area contributed by atoms with Crippen LogP contribution >= 0.6 is 0 Å². The Balaban J connectivity index is 1.95. The van der Waals surface area contributed by atoms with E-state index in [2.05, 4.69) is 10.2 Å². The summed E-state index contributed by atoms with van der Waals surface area (Å²) in [5.41, 5.74) is 0. The average molecular weight is 296 g/mol.